The van der Waals surface area contributed by atoms with E-state index in [4.69, 9.17) is 11.6 Å². The lowest BCUT2D eigenvalue weighted by molar-refractivity contribution is -0.0504. The number of halogens is 3. The normalized spacial score (nSPS) is 11.9. The minimum atomic E-state index is -2.91. The van der Waals surface area contributed by atoms with Crippen molar-refractivity contribution in [3.8, 4) is 5.75 Å². The molecule has 0 aliphatic carbocycles. The van der Waals surface area contributed by atoms with E-state index < -0.39 is 6.61 Å². The van der Waals surface area contributed by atoms with Gasteiger partial charge in [0.2, 0.25) is 0 Å². The van der Waals surface area contributed by atoms with E-state index in [2.05, 4.69) is 25.3 Å². The van der Waals surface area contributed by atoms with Crippen LogP contribution in [0.5, 0.6) is 5.75 Å². The number of aryl methyl sites for hydroxylation is 1. The molecule has 1 aromatic heterocycles. The number of para-hydroxylation sites is 2. The van der Waals surface area contributed by atoms with Crippen molar-refractivity contribution in [1.82, 2.24) is 20.2 Å². The Balaban J connectivity index is 1.65. The zero-order valence-electron chi connectivity index (χ0n) is 15.4. The number of hydrogen-bond donors (Lipinski definition) is 2. The van der Waals surface area contributed by atoms with Gasteiger partial charge in [0.05, 0.1) is 17.6 Å². The van der Waals surface area contributed by atoms with Gasteiger partial charge in [-0.3, -0.25) is 4.99 Å². The summed E-state index contributed by atoms with van der Waals surface area (Å²) in [5.74, 6) is 1.40. The van der Waals surface area contributed by atoms with Crippen molar-refractivity contribution >= 4 is 28.6 Å². The number of fused-ring (bicyclic) bond motifs is 1. The first-order valence-corrected chi connectivity index (χ1v) is 8.94. The van der Waals surface area contributed by atoms with Crippen molar-refractivity contribution in [3.05, 3.63) is 58.9 Å². The number of ether oxygens (including phenoxy) is 1. The first-order valence-electron chi connectivity index (χ1n) is 8.56. The van der Waals surface area contributed by atoms with Crippen LogP contribution in [0, 0.1) is 0 Å². The Kier molecular flexibility index (Phi) is 6.30. The number of benzene rings is 2. The first kappa shape index (κ1) is 19.9. The Labute approximate surface area is 166 Å². The predicted octanol–water partition coefficient (Wildman–Crippen LogP) is 3.69. The fraction of sp³-hybridized carbons (Fsp3) is 0.263. The number of hydrogen-bond acceptors (Lipinski definition) is 3. The molecule has 0 unspecified atom stereocenters. The highest BCUT2D eigenvalue weighted by Crippen LogP contribution is 2.24. The highest BCUT2D eigenvalue weighted by Gasteiger charge is 2.12. The van der Waals surface area contributed by atoms with Crippen molar-refractivity contribution in [3.63, 3.8) is 0 Å². The van der Waals surface area contributed by atoms with Crippen LogP contribution in [0.3, 0.4) is 0 Å². The summed E-state index contributed by atoms with van der Waals surface area (Å²) in [5, 5.41) is 6.67. The lowest BCUT2D eigenvalue weighted by atomic mass is 10.2. The number of nitrogens with zero attached hydrogens (tertiary/aromatic N) is 3. The molecule has 3 aromatic rings. The van der Waals surface area contributed by atoms with Crippen LogP contribution in [0.4, 0.5) is 8.78 Å². The van der Waals surface area contributed by atoms with Crippen LogP contribution in [0.15, 0.2) is 47.5 Å². The molecule has 0 saturated heterocycles. The van der Waals surface area contributed by atoms with Gasteiger partial charge in [0, 0.05) is 31.2 Å². The standard InChI is InChI=1S/C19H20ClF2N5O/c1-23-19(24-10-12-9-13(20)7-8-16(12)28-18(21)22)25-11-17-26-14-5-3-4-6-15(14)27(17)2/h3-9,18H,10-11H2,1-2H3,(H2,23,24,25). The lowest BCUT2D eigenvalue weighted by Crippen LogP contribution is -2.37. The fourth-order valence-corrected chi connectivity index (χ4v) is 3.01. The molecule has 0 fully saturated rings. The zero-order valence-corrected chi connectivity index (χ0v) is 16.2. The maximum Gasteiger partial charge on any atom is 0.387 e. The third-order valence-electron chi connectivity index (χ3n) is 4.20. The fourth-order valence-electron chi connectivity index (χ4n) is 2.81. The van der Waals surface area contributed by atoms with Crippen molar-refractivity contribution in [2.75, 3.05) is 7.05 Å². The molecule has 0 atom stereocenters. The van der Waals surface area contributed by atoms with Crippen molar-refractivity contribution in [1.29, 1.82) is 0 Å². The Morgan fingerprint density at radius 2 is 1.96 bits per heavy atom. The second kappa shape index (κ2) is 8.88. The van der Waals surface area contributed by atoms with Gasteiger partial charge in [-0.1, -0.05) is 23.7 Å². The SMILES string of the molecule is CN=C(NCc1cc(Cl)ccc1OC(F)F)NCc1nc2ccccc2n1C. The third-order valence-corrected chi connectivity index (χ3v) is 4.44. The van der Waals surface area contributed by atoms with Crippen LogP contribution in [0.25, 0.3) is 11.0 Å². The number of rotatable bonds is 6. The van der Waals surface area contributed by atoms with Gasteiger partial charge in [-0.15, -0.1) is 0 Å². The largest absolute Gasteiger partial charge is 0.434 e. The van der Waals surface area contributed by atoms with Gasteiger partial charge in [0.1, 0.15) is 11.6 Å². The van der Waals surface area contributed by atoms with E-state index in [1.807, 2.05) is 35.9 Å². The molecule has 0 amide bonds. The van der Waals surface area contributed by atoms with Crippen LogP contribution in [-0.2, 0) is 20.1 Å². The van der Waals surface area contributed by atoms with Crippen molar-refractivity contribution in [2.45, 2.75) is 19.7 Å². The van der Waals surface area contributed by atoms with Gasteiger partial charge in [-0.25, -0.2) is 4.98 Å². The summed E-state index contributed by atoms with van der Waals surface area (Å²) in [6.45, 7) is -2.25. The molecule has 28 heavy (non-hydrogen) atoms. The highest BCUT2D eigenvalue weighted by atomic mass is 35.5. The van der Waals surface area contributed by atoms with E-state index in [9.17, 15) is 8.78 Å². The smallest absolute Gasteiger partial charge is 0.387 e. The molecule has 9 heteroatoms. The minimum Gasteiger partial charge on any atom is -0.434 e. The summed E-state index contributed by atoms with van der Waals surface area (Å²) >= 11 is 5.97. The first-order chi connectivity index (χ1) is 13.5. The molecule has 0 aliphatic heterocycles. The van der Waals surface area contributed by atoms with Gasteiger partial charge >= 0.3 is 6.61 Å². The van der Waals surface area contributed by atoms with E-state index in [0.29, 0.717) is 23.1 Å². The number of aromatic nitrogens is 2. The summed E-state index contributed by atoms with van der Waals surface area (Å²) in [5.41, 5.74) is 2.45. The molecular formula is C19H20ClF2N5O. The van der Waals surface area contributed by atoms with Gasteiger partial charge in [-0.05, 0) is 30.3 Å². The Hall–Kier alpha value is -2.87. The molecule has 148 valence electrons. The number of alkyl halides is 2. The second-order valence-corrected chi connectivity index (χ2v) is 6.42. The van der Waals surface area contributed by atoms with Gasteiger partial charge < -0.3 is 19.9 Å². The molecule has 0 saturated carbocycles. The third kappa shape index (κ3) is 4.69. The van der Waals surface area contributed by atoms with Crippen LogP contribution in [0.1, 0.15) is 11.4 Å². The molecule has 0 bridgehead atoms. The van der Waals surface area contributed by atoms with E-state index in [-0.39, 0.29) is 12.3 Å². The average molecular weight is 408 g/mol. The zero-order chi connectivity index (χ0) is 20.1. The van der Waals surface area contributed by atoms with E-state index in [1.165, 1.54) is 12.1 Å². The molecule has 2 aromatic carbocycles. The van der Waals surface area contributed by atoms with Crippen LogP contribution >= 0.6 is 11.6 Å². The Bertz CT molecular complexity index is 990. The lowest BCUT2D eigenvalue weighted by Gasteiger charge is -2.15. The number of aliphatic imine (C=N–C) groups is 1. The molecule has 0 aliphatic rings. The van der Waals surface area contributed by atoms with Crippen LogP contribution < -0.4 is 15.4 Å². The highest BCUT2D eigenvalue weighted by molar-refractivity contribution is 6.30. The van der Waals surface area contributed by atoms with Crippen LogP contribution in [0.2, 0.25) is 5.02 Å². The summed E-state index contributed by atoms with van der Waals surface area (Å²) in [4.78, 5) is 8.74. The van der Waals surface area contributed by atoms with Crippen molar-refractivity contribution in [2.24, 2.45) is 12.0 Å². The summed E-state index contributed by atoms with van der Waals surface area (Å²) in [6, 6.07) is 12.4. The Morgan fingerprint density at radius 3 is 2.68 bits per heavy atom. The molecule has 0 spiro atoms. The Morgan fingerprint density at radius 1 is 1.21 bits per heavy atom. The molecule has 0 radical (unpaired) electrons. The summed E-state index contributed by atoms with van der Waals surface area (Å²) in [6.07, 6.45) is 0. The number of imidazole rings is 1. The predicted molar refractivity (Wildman–Crippen MR) is 106 cm³/mol. The molecule has 2 N–H and O–H groups in total. The molecule has 1 heterocycles. The van der Waals surface area contributed by atoms with E-state index in [0.717, 1.165) is 16.9 Å². The van der Waals surface area contributed by atoms with Crippen LogP contribution in [-0.4, -0.2) is 29.2 Å². The summed E-state index contributed by atoms with van der Waals surface area (Å²) < 4.78 is 31.7. The molecule has 3 rings (SSSR count). The maximum absolute atomic E-state index is 12.6. The average Bonchev–Trinajstić information content (AvgIpc) is 2.99. The van der Waals surface area contributed by atoms with E-state index >= 15 is 0 Å². The van der Waals surface area contributed by atoms with Gasteiger partial charge in [0.15, 0.2) is 5.96 Å². The summed E-state index contributed by atoms with van der Waals surface area (Å²) in [7, 11) is 3.57. The quantitative estimate of drug-likeness (QED) is 0.483. The minimum absolute atomic E-state index is 0.0673. The van der Waals surface area contributed by atoms with Crippen molar-refractivity contribution < 1.29 is 13.5 Å². The number of nitrogens with one attached hydrogen (secondary N) is 2. The van der Waals surface area contributed by atoms with Gasteiger partial charge in [0.25, 0.3) is 0 Å². The molecule has 6 nitrogen and oxygen atoms in total. The van der Waals surface area contributed by atoms with Gasteiger partial charge in [-0.2, -0.15) is 8.78 Å². The van der Waals surface area contributed by atoms with E-state index in [1.54, 1.807) is 13.1 Å². The molecular weight excluding hydrogens is 388 g/mol. The number of guanidine groups is 1. The topological polar surface area (TPSA) is 63.5 Å². The maximum atomic E-state index is 12.6. The second-order valence-electron chi connectivity index (χ2n) is 5.99. The monoisotopic (exact) mass is 407 g/mol.